The Hall–Kier alpha value is -1.02. The number of hydrogen-bond donors (Lipinski definition) is 1. The number of nitrogens with zero attached hydrogens (tertiary/aromatic N) is 2. The summed E-state index contributed by atoms with van der Waals surface area (Å²) in [6.07, 6.45) is 2.22. The van der Waals surface area contributed by atoms with Gasteiger partial charge in [0.05, 0.1) is 0 Å². The maximum absolute atomic E-state index is 13.1. The highest BCUT2D eigenvalue weighted by atomic mass is 32.2. The summed E-state index contributed by atoms with van der Waals surface area (Å²) in [5.74, 6) is -0.284. The van der Waals surface area contributed by atoms with E-state index in [1.165, 1.54) is 26.2 Å². The van der Waals surface area contributed by atoms with Gasteiger partial charge in [-0.3, -0.25) is 4.90 Å². The van der Waals surface area contributed by atoms with Gasteiger partial charge in [-0.25, -0.2) is 9.11 Å². The monoisotopic (exact) mass is 315 g/mol. The molecular formula is C14H22FN3O2S. The number of rotatable bonds is 6. The molecule has 21 heavy (non-hydrogen) atoms. The molecule has 1 heterocycles. The van der Waals surface area contributed by atoms with Gasteiger partial charge in [-0.15, -0.1) is 0 Å². The van der Waals surface area contributed by atoms with Crippen molar-refractivity contribution in [2.24, 2.45) is 0 Å². The second-order valence-electron chi connectivity index (χ2n) is 5.45. The van der Waals surface area contributed by atoms with Crippen LogP contribution in [0.1, 0.15) is 24.4 Å². The van der Waals surface area contributed by atoms with Crippen molar-refractivity contribution < 1.29 is 12.8 Å². The van der Waals surface area contributed by atoms with E-state index in [1.54, 1.807) is 12.1 Å². The molecule has 0 amide bonds. The van der Waals surface area contributed by atoms with E-state index in [0.29, 0.717) is 0 Å². The van der Waals surface area contributed by atoms with Crippen molar-refractivity contribution in [3.05, 3.63) is 35.6 Å². The molecule has 1 N–H and O–H groups in total. The number of nitrogens with one attached hydrogen (secondary N) is 1. The first-order valence-corrected chi connectivity index (χ1v) is 8.51. The average Bonchev–Trinajstić information content (AvgIpc) is 2.94. The quantitative estimate of drug-likeness (QED) is 0.862. The Morgan fingerprint density at radius 1 is 1.24 bits per heavy atom. The van der Waals surface area contributed by atoms with Crippen LogP contribution in [0.25, 0.3) is 0 Å². The normalized spacial score (nSPS) is 18.3. The molecule has 1 aromatic carbocycles. The van der Waals surface area contributed by atoms with Gasteiger partial charge in [-0.2, -0.15) is 12.7 Å². The minimum Gasteiger partial charge on any atom is -0.295 e. The van der Waals surface area contributed by atoms with Crippen molar-refractivity contribution >= 4 is 10.2 Å². The second kappa shape index (κ2) is 6.83. The van der Waals surface area contributed by atoms with Crippen LogP contribution in [0.4, 0.5) is 4.39 Å². The lowest BCUT2D eigenvalue weighted by Gasteiger charge is -2.28. The van der Waals surface area contributed by atoms with E-state index in [9.17, 15) is 12.8 Å². The van der Waals surface area contributed by atoms with Gasteiger partial charge >= 0.3 is 0 Å². The van der Waals surface area contributed by atoms with Crippen LogP contribution in [0, 0.1) is 5.82 Å². The van der Waals surface area contributed by atoms with E-state index < -0.39 is 10.2 Å². The molecule has 0 aliphatic carbocycles. The van der Waals surface area contributed by atoms with Crippen LogP contribution in [0.3, 0.4) is 0 Å². The lowest BCUT2D eigenvalue weighted by Crippen LogP contribution is -2.41. The summed E-state index contributed by atoms with van der Waals surface area (Å²) in [5.41, 5.74) is 0.930. The average molecular weight is 315 g/mol. The number of hydrogen-bond acceptors (Lipinski definition) is 3. The molecule has 0 aromatic heterocycles. The zero-order chi connectivity index (χ0) is 15.5. The first-order valence-electron chi connectivity index (χ1n) is 7.07. The van der Waals surface area contributed by atoms with Crippen molar-refractivity contribution in [1.29, 1.82) is 0 Å². The van der Waals surface area contributed by atoms with Crippen molar-refractivity contribution in [2.45, 2.75) is 18.9 Å². The molecule has 0 saturated carbocycles. The van der Waals surface area contributed by atoms with Crippen molar-refractivity contribution in [1.82, 2.24) is 13.9 Å². The van der Waals surface area contributed by atoms with E-state index >= 15 is 0 Å². The van der Waals surface area contributed by atoms with E-state index in [1.807, 2.05) is 0 Å². The van der Waals surface area contributed by atoms with Gasteiger partial charge in [0.1, 0.15) is 5.82 Å². The first-order chi connectivity index (χ1) is 9.90. The Bertz CT molecular complexity index is 554. The van der Waals surface area contributed by atoms with Gasteiger partial charge in [-0.1, -0.05) is 12.1 Å². The molecule has 0 spiro atoms. The molecular weight excluding hydrogens is 293 g/mol. The summed E-state index contributed by atoms with van der Waals surface area (Å²) in [6, 6.07) is 6.21. The highest BCUT2D eigenvalue weighted by Gasteiger charge is 2.25. The maximum atomic E-state index is 13.1. The fourth-order valence-corrected chi connectivity index (χ4v) is 3.14. The lowest BCUT2D eigenvalue weighted by atomic mass is 10.1. The van der Waals surface area contributed by atoms with Crippen LogP contribution < -0.4 is 4.72 Å². The maximum Gasteiger partial charge on any atom is 0.278 e. The Kier molecular flexibility index (Phi) is 5.32. The Balaban J connectivity index is 2.15. The summed E-state index contributed by atoms with van der Waals surface area (Å²) >= 11 is 0. The van der Waals surface area contributed by atoms with Crippen LogP contribution in [0.15, 0.2) is 24.3 Å². The van der Waals surface area contributed by atoms with Gasteiger partial charge in [0.25, 0.3) is 10.2 Å². The molecule has 1 fully saturated rings. The zero-order valence-corrected chi connectivity index (χ0v) is 13.2. The first kappa shape index (κ1) is 16.4. The highest BCUT2D eigenvalue weighted by Crippen LogP contribution is 2.25. The summed E-state index contributed by atoms with van der Waals surface area (Å²) < 4.78 is 40.6. The molecule has 1 aliphatic rings. The molecule has 2 rings (SSSR count). The molecule has 1 aliphatic heterocycles. The molecule has 7 heteroatoms. The summed E-state index contributed by atoms with van der Waals surface area (Å²) in [7, 11) is -0.474. The Labute approximate surface area is 125 Å². The molecule has 0 radical (unpaired) electrons. The third kappa shape index (κ3) is 4.23. The van der Waals surface area contributed by atoms with Gasteiger partial charge in [0.2, 0.25) is 0 Å². The molecule has 118 valence electrons. The minimum atomic E-state index is -3.46. The minimum absolute atomic E-state index is 0.0668. The fraction of sp³-hybridized carbons (Fsp3) is 0.571. The van der Waals surface area contributed by atoms with E-state index in [4.69, 9.17) is 0 Å². The third-order valence-electron chi connectivity index (χ3n) is 3.78. The topological polar surface area (TPSA) is 52.7 Å². The van der Waals surface area contributed by atoms with Crippen LogP contribution in [-0.2, 0) is 10.2 Å². The molecule has 5 nitrogen and oxygen atoms in total. The largest absolute Gasteiger partial charge is 0.295 e. The molecule has 1 unspecified atom stereocenters. The number of likely N-dealkylation sites (tertiary alicyclic amines) is 1. The van der Waals surface area contributed by atoms with Crippen molar-refractivity contribution in [3.63, 3.8) is 0 Å². The molecule has 0 bridgehead atoms. The van der Waals surface area contributed by atoms with Crippen LogP contribution in [0.2, 0.25) is 0 Å². The zero-order valence-electron chi connectivity index (χ0n) is 12.4. The smallest absolute Gasteiger partial charge is 0.278 e. The van der Waals surface area contributed by atoms with E-state index in [0.717, 1.165) is 35.8 Å². The standard InChI is InChI=1S/C14H22FN3O2S/c1-17(2)21(19,20)16-11-14(18-9-3-4-10-18)12-5-7-13(15)8-6-12/h5-8,14,16H,3-4,9-11H2,1-2H3. The SMILES string of the molecule is CN(C)S(=O)(=O)NCC(c1ccc(F)cc1)N1CCCC1. The van der Waals surface area contributed by atoms with Crippen molar-refractivity contribution in [3.8, 4) is 0 Å². The van der Waals surface area contributed by atoms with Crippen LogP contribution >= 0.6 is 0 Å². The second-order valence-corrected chi connectivity index (χ2v) is 7.42. The Morgan fingerprint density at radius 2 is 1.81 bits per heavy atom. The third-order valence-corrected chi connectivity index (χ3v) is 5.27. The van der Waals surface area contributed by atoms with Crippen LogP contribution in [0.5, 0.6) is 0 Å². The molecule has 1 aromatic rings. The van der Waals surface area contributed by atoms with E-state index in [2.05, 4.69) is 9.62 Å². The predicted octanol–water partition coefficient (Wildman–Crippen LogP) is 1.36. The number of benzene rings is 1. The summed E-state index contributed by atoms with van der Waals surface area (Å²) in [4.78, 5) is 2.24. The van der Waals surface area contributed by atoms with Crippen LogP contribution in [-0.4, -0.2) is 51.4 Å². The molecule has 1 saturated heterocycles. The van der Waals surface area contributed by atoms with E-state index in [-0.39, 0.29) is 18.4 Å². The number of halogens is 1. The Morgan fingerprint density at radius 3 is 2.33 bits per heavy atom. The fourth-order valence-electron chi connectivity index (χ4n) is 2.51. The van der Waals surface area contributed by atoms with Gasteiger partial charge in [0.15, 0.2) is 0 Å². The predicted molar refractivity (Wildman–Crippen MR) is 80.6 cm³/mol. The van der Waals surface area contributed by atoms with Gasteiger partial charge in [0, 0.05) is 26.7 Å². The highest BCUT2D eigenvalue weighted by molar-refractivity contribution is 7.87. The van der Waals surface area contributed by atoms with Gasteiger partial charge < -0.3 is 0 Å². The summed E-state index contributed by atoms with van der Waals surface area (Å²) in [6.45, 7) is 2.16. The molecule has 1 atom stereocenters. The lowest BCUT2D eigenvalue weighted by molar-refractivity contribution is 0.245. The van der Waals surface area contributed by atoms with Crippen molar-refractivity contribution in [2.75, 3.05) is 33.7 Å². The van der Waals surface area contributed by atoms with Gasteiger partial charge in [-0.05, 0) is 43.6 Å². The summed E-state index contributed by atoms with van der Waals surface area (Å²) in [5, 5.41) is 0.